The average molecular weight is 332 g/mol. The number of para-hydroxylation sites is 1. The van der Waals surface area contributed by atoms with Crippen molar-refractivity contribution < 1.29 is 4.79 Å². The number of hydrogen-bond donors (Lipinski definition) is 1. The number of nitrogens with zero attached hydrogens (tertiary/aromatic N) is 3. The number of pyridine rings is 1. The smallest absolute Gasteiger partial charge is 0.229 e. The number of aromatic nitrogens is 3. The summed E-state index contributed by atoms with van der Waals surface area (Å²) in [7, 11) is 0. The molecule has 126 valence electrons. The van der Waals surface area contributed by atoms with E-state index < -0.39 is 0 Å². The van der Waals surface area contributed by atoms with Gasteiger partial charge < -0.3 is 9.88 Å². The molecule has 0 bridgehead atoms. The van der Waals surface area contributed by atoms with Crippen LogP contribution in [0.25, 0.3) is 5.69 Å². The maximum Gasteiger partial charge on any atom is 0.229 e. The topological polar surface area (TPSA) is 59.8 Å². The Morgan fingerprint density at radius 2 is 2.00 bits per heavy atom. The number of carbonyl (C=O) groups excluding carboxylic acids is 1. The van der Waals surface area contributed by atoms with Crippen molar-refractivity contribution in [1.82, 2.24) is 19.9 Å². The van der Waals surface area contributed by atoms with Gasteiger partial charge in [-0.3, -0.25) is 9.78 Å². The molecule has 0 fully saturated rings. The van der Waals surface area contributed by atoms with E-state index in [1.54, 1.807) is 12.4 Å². The zero-order valence-electron chi connectivity index (χ0n) is 13.9. The molecule has 1 aromatic carbocycles. The number of fused-ring (bicyclic) bond motifs is 1. The zero-order valence-corrected chi connectivity index (χ0v) is 13.9. The molecule has 2 heterocycles. The van der Waals surface area contributed by atoms with Crippen LogP contribution in [0.4, 0.5) is 0 Å². The number of aryl methyl sites for hydroxylation is 1. The molecule has 1 atom stereocenters. The van der Waals surface area contributed by atoms with Gasteiger partial charge in [0.05, 0.1) is 18.2 Å². The summed E-state index contributed by atoms with van der Waals surface area (Å²) in [5.74, 6) is 0.684. The normalized spacial score (nSPS) is 16.2. The van der Waals surface area contributed by atoms with E-state index in [1.807, 2.05) is 47.2 Å². The summed E-state index contributed by atoms with van der Waals surface area (Å²) in [5.41, 5.74) is 3.16. The van der Waals surface area contributed by atoms with E-state index in [0.29, 0.717) is 6.54 Å². The number of nitrogens with one attached hydrogen (secondary N) is 1. The molecule has 0 aliphatic heterocycles. The second-order valence-electron chi connectivity index (χ2n) is 6.26. The third-order valence-corrected chi connectivity index (χ3v) is 4.68. The highest BCUT2D eigenvalue weighted by Crippen LogP contribution is 2.29. The van der Waals surface area contributed by atoms with Crippen molar-refractivity contribution in [2.45, 2.75) is 31.7 Å². The van der Waals surface area contributed by atoms with Crippen molar-refractivity contribution in [2.24, 2.45) is 0 Å². The minimum atomic E-state index is -0.162. The lowest BCUT2D eigenvalue weighted by Gasteiger charge is -2.23. The molecule has 4 rings (SSSR count). The Labute approximate surface area is 146 Å². The first kappa shape index (κ1) is 15.6. The van der Waals surface area contributed by atoms with E-state index >= 15 is 0 Å². The lowest BCUT2D eigenvalue weighted by atomic mass is 9.86. The Kier molecular flexibility index (Phi) is 4.29. The standard InChI is InChI=1S/C20H20N4O/c25-20(17-10-4-6-15-7-5-11-22-19(15)17)23-14-18-21-12-13-24(18)16-8-2-1-3-9-16/h1-3,5,7-9,11-13,17H,4,6,10,14H2,(H,23,25). The summed E-state index contributed by atoms with van der Waals surface area (Å²) in [6, 6.07) is 14.0. The van der Waals surface area contributed by atoms with E-state index in [1.165, 1.54) is 5.56 Å². The fourth-order valence-corrected chi connectivity index (χ4v) is 3.44. The first-order valence-corrected chi connectivity index (χ1v) is 8.62. The predicted octanol–water partition coefficient (Wildman–Crippen LogP) is 3.00. The number of carbonyl (C=O) groups is 1. The molecule has 25 heavy (non-hydrogen) atoms. The van der Waals surface area contributed by atoms with Gasteiger partial charge in [0.25, 0.3) is 0 Å². The number of hydrogen-bond acceptors (Lipinski definition) is 3. The molecule has 1 aliphatic rings. The molecule has 0 radical (unpaired) electrons. The van der Waals surface area contributed by atoms with Crippen molar-refractivity contribution in [3.05, 3.63) is 78.1 Å². The Hall–Kier alpha value is -2.95. The number of amides is 1. The van der Waals surface area contributed by atoms with Crippen molar-refractivity contribution >= 4 is 5.91 Å². The van der Waals surface area contributed by atoms with Gasteiger partial charge in [-0.25, -0.2) is 4.98 Å². The lowest BCUT2D eigenvalue weighted by molar-refractivity contribution is -0.123. The van der Waals surface area contributed by atoms with Gasteiger partial charge in [-0.2, -0.15) is 0 Å². The average Bonchev–Trinajstić information content (AvgIpc) is 3.15. The Morgan fingerprint density at radius 1 is 1.12 bits per heavy atom. The van der Waals surface area contributed by atoms with E-state index in [2.05, 4.69) is 21.4 Å². The molecule has 5 heteroatoms. The largest absolute Gasteiger partial charge is 0.348 e. The SMILES string of the molecule is O=C(NCc1nccn1-c1ccccc1)C1CCCc2cccnc21. The van der Waals surface area contributed by atoms with Gasteiger partial charge in [0.2, 0.25) is 5.91 Å². The number of imidazole rings is 1. The van der Waals surface area contributed by atoms with Crippen LogP contribution in [0.5, 0.6) is 0 Å². The van der Waals surface area contributed by atoms with Crippen molar-refractivity contribution in [1.29, 1.82) is 0 Å². The van der Waals surface area contributed by atoms with E-state index in [0.717, 1.165) is 36.5 Å². The highest BCUT2D eigenvalue weighted by Gasteiger charge is 2.27. The van der Waals surface area contributed by atoms with Crippen molar-refractivity contribution in [3.8, 4) is 5.69 Å². The van der Waals surface area contributed by atoms with Crippen LogP contribution in [-0.2, 0) is 17.8 Å². The van der Waals surface area contributed by atoms with E-state index in [4.69, 9.17) is 0 Å². The van der Waals surface area contributed by atoms with Crippen LogP contribution in [0.15, 0.2) is 61.1 Å². The predicted molar refractivity (Wildman–Crippen MR) is 95.3 cm³/mol. The maximum atomic E-state index is 12.7. The van der Waals surface area contributed by atoms with Crippen LogP contribution in [0.3, 0.4) is 0 Å². The van der Waals surface area contributed by atoms with Gasteiger partial charge in [0.1, 0.15) is 5.82 Å². The number of benzene rings is 1. The Bertz CT molecular complexity index is 872. The van der Waals surface area contributed by atoms with Crippen molar-refractivity contribution in [2.75, 3.05) is 0 Å². The van der Waals surface area contributed by atoms with Gasteiger partial charge in [-0.15, -0.1) is 0 Å². The molecule has 0 spiro atoms. The first-order valence-electron chi connectivity index (χ1n) is 8.62. The molecule has 0 saturated carbocycles. The van der Waals surface area contributed by atoms with Gasteiger partial charge in [-0.1, -0.05) is 24.3 Å². The monoisotopic (exact) mass is 332 g/mol. The summed E-state index contributed by atoms with van der Waals surface area (Å²) < 4.78 is 1.99. The van der Waals surface area contributed by atoms with Crippen LogP contribution >= 0.6 is 0 Å². The molecule has 1 unspecified atom stereocenters. The molecule has 5 nitrogen and oxygen atoms in total. The summed E-state index contributed by atoms with van der Waals surface area (Å²) in [6.45, 7) is 0.402. The Morgan fingerprint density at radius 3 is 2.88 bits per heavy atom. The lowest BCUT2D eigenvalue weighted by Crippen LogP contribution is -2.32. The minimum absolute atomic E-state index is 0.0299. The highest BCUT2D eigenvalue weighted by atomic mass is 16.1. The second-order valence-corrected chi connectivity index (χ2v) is 6.26. The third-order valence-electron chi connectivity index (χ3n) is 4.68. The van der Waals surface area contributed by atoms with Gasteiger partial charge in [-0.05, 0) is 43.0 Å². The van der Waals surface area contributed by atoms with Crippen LogP contribution < -0.4 is 5.32 Å². The molecular weight excluding hydrogens is 312 g/mol. The van der Waals surface area contributed by atoms with Gasteiger partial charge in [0, 0.05) is 24.3 Å². The molecule has 1 N–H and O–H groups in total. The Balaban J connectivity index is 1.48. The van der Waals surface area contributed by atoms with Gasteiger partial charge >= 0.3 is 0 Å². The molecule has 2 aromatic heterocycles. The second kappa shape index (κ2) is 6.89. The first-order chi connectivity index (χ1) is 12.3. The molecule has 1 amide bonds. The summed E-state index contributed by atoms with van der Waals surface area (Å²) >= 11 is 0. The highest BCUT2D eigenvalue weighted by molar-refractivity contribution is 5.83. The molecular formula is C20H20N4O. The minimum Gasteiger partial charge on any atom is -0.348 e. The van der Waals surface area contributed by atoms with Gasteiger partial charge in [0.15, 0.2) is 0 Å². The number of rotatable bonds is 4. The van der Waals surface area contributed by atoms with Crippen LogP contribution in [0.1, 0.15) is 35.8 Å². The van der Waals surface area contributed by atoms with E-state index in [-0.39, 0.29) is 11.8 Å². The van der Waals surface area contributed by atoms with Crippen molar-refractivity contribution in [3.63, 3.8) is 0 Å². The molecule has 1 aliphatic carbocycles. The molecule has 3 aromatic rings. The summed E-state index contributed by atoms with van der Waals surface area (Å²) in [5, 5.41) is 3.04. The van der Waals surface area contributed by atoms with E-state index in [9.17, 15) is 4.79 Å². The fraction of sp³-hybridized carbons (Fsp3) is 0.250. The zero-order chi connectivity index (χ0) is 17.1. The fourth-order valence-electron chi connectivity index (χ4n) is 3.44. The molecule has 0 saturated heterocycles. The third kappa shape index (κ3) is 3.18. The quantitative estimate of drug-likeness (QED) is 0.799. The van der Waals surface area contributed by atoms with Crippen LogP contribution in [0, 0.1) is 0 Å². The van der Waals surface area contributed by atoms with Crippen LogP contribution in [-0.4, -0.2) is 20.4 Å². The summed E-state index contributed by atoms with van der Waals surface area (Å²) in [6.07, 6.45) is 8.32. The maximum absolute atomic E-state index is 12.7. The van der Waals surface area contributed by atoms with Crippen LogP contribution in [0.2, 0.25) is 0 Å². The summed E-state index contributed by atoms with van der Waals surface area (Å²) in [4.78, 5) is 21.6.